The standard InChI is InChI=1S/C21H23NO3.ClH/c23-21(25-17-14-22-12-15-24-16-13-22)11-8-18-6-9-20(10-7-18)19-4-2-1-3-5-19;/h1-11H,12-17H2;1H/b11-8-;. The van der Waals surface area contributed by atoms with Gasteiger partial charge in [-0.25, -0.2) is 4.79 Å². The van der Waals surface area contributed by atoms with Crippen molar-refractivity contribution >= 4 is 24.5 Å². The Bertz CT molecular complexity index is 695. The Morgan fingerprint density at radius 3 is 2.35 bits per heavy atom. The van der Waals surface area contributed by atoms with Crippen LogP contribution in [0.5, 0.6) is 0 Å². The number of hydrogen-bond donors (Lipinski definition) is 0. The van der Waals surface area contributed by atoms with Gasteiger partial charge in [0.15, 0.2) is 0 Å². The Morgan fingerprint density at radius 1 is 1.00 bits per heavy atom. The molecule has 0 spiro atoms. The average Bonchev–Trinajstić information content (AvgIpc) is 2.68. The van der Waals surface area contributed by atoms with Gasteiger partial charge in [-0.1, -0.05) is 54.6 Å². The quantitative estimate of drug-likeness (QED) is 0.572. The zero-order valence-electron chi connectivity index (χ0n) is 14.7. The molecule has 1 saturated heterocycles. The fourth-order valence-electron chi connectivity index (χ4n) is 2.73. The molecule has 0 unspecified atom stereocenters. The zero-order valence-corrected chi connectivity index (χ0v) is 15.5. The maximum atomic E-state index is 11.8. The Hall–Kier alpha value is -2.14. The number of carbonyl (C=O) groups is 1. The number of rotatable bonds is 6. The second-order valence-corrected chi connectivity index (χ2v) is 5.94. The summed E-state index contributed by atoms with van der Waals surface area (Å²) in [6, 6.07) is 18.3. The summed E-state index contributed by atoms with van der Waals surface area (Å²) in [7, 11) is 0. The van der Waals surface area contributed by atoms with Gasteiger partial charge in [0.2, 0.25) is 0 Å². The maximum Gasteiger partial charge on any atom is 0.330 e. The number of morpholine rings is 1. The van der Waals surface area contributed by atoms with Gasteiger partial charge in [-0.2, -0.15) is 0 Å². The Labute approximate surface area is 160 Å². The molecule has 1 heterocycles. The van der Waals surface area contributed by atoms with Gasteiger partial charge < -0.3 is 9.47 Å². The van der Waals surface area contributed by atoms with E-state index in [1.165, 1.54) is 11.6 Å². The van der Waals surface area contributed by atoms with E-state index in [1.54, 1.807) is 6.08 Å². The monoisotopic (exact) mass is 373 g/mol. The van der Waals surface area contributed by atoms with Crippen LogP contribution in [0.3, 0.4) is 0 Å². The molecular formula is C21H24ClNO3. The molecule has 2 aromatic rings. The summed E-state index contributed by atoms with van der Waals surface area (Å²) in [5.74, 6) is -0.305. The third-order valence-electron chi connectivity index (χ3n) is 4.19. The lowest BCUT2D eigenvalue weighted by Crippen LogP contribution is -2.38. The lowest BCUT2D eigenvalue weighted by atomic mass is 10.0. The summed E-state index contributed by atoms with van der Waals surface area (Å²) in [6.07, 6.45) is 3.27. The van der Waals surface area contributed by atoms with E-state index in [-0.39, 0.29) is 18.4 Å². The van der Waals surface area contributed by atoms with Gasteiger partial charge in [0.05, 0.1) is 13.2 Å². The summed E-state index contributed by atoms with van der Waals surface area (Å²) in [4.78, 5) is 14.0. The molecule has 1 fully saturated rings. The van der Waals surface area contributed by atoms with Crippen LogP contribution in [0.2, 0.25) is 0 Å². The molecule has 4 nitrogen and oxygen atoms in total. The van der Waals surface area contributed by atoms with Gasteiger partial charge in [-0.05, 0) is 22.8 Å². The van der Waals surface area contributed by atoms with E-state index < -0.39 is 0 Å². The molecule has 0 amide bonds. The summed E-state index contributed by atoms with van der Waals surface area (Å²) in [5.41, 5.74) is 3.32. The lowest BCUT2D eigenvalue weighted by molar-refractivity contribution is -0.138. The summed E-state index contributed by atoms with van der Waals surface area (Å²) in [6.45, 7) is 4.49. The molecule has 0 bridgehead atoms. The van der Waals surface area contributed by atoms with Crippen LogP contribution in [0.1, 0.15) is 5.56 Å². The Morgan fingerprint density at radius 2 is 1.65 bits per heavy atom. The number of nitrogens with zero attached hydrogens (tertiary/aromatic N) is 1. The van der Waals surface area contributed by atoms with E-state index in [2.05, 4.69) is 29.2 Å². The van der Waals surface area contributed by atoms with Crippen LogP contribution >= 0.6 is 12.4 Å². The van der Waals surface area contributed by atoms with Crippen molar-refractivity contribution in [2.24, 2.45) is 0 Å². The molecule has 138 valence electrons. The molecule has 0 aromatic heterocycles. The van der Waals surface area contributed by atoms with Crippen molar-refractivity contribution in [3.05, 3.63) is 66.2 Å². The molecular weight excluding hydrogens is 350 g/mol. The smallest absolute Gasteiger partial charge is 0.330 e. The number of ether oxygens (including phenoxy) is 2. The van der Waals surface area contributed by atoms with E-state index in [0.717, 1.165) is 44.0 Å². The molecule has 0 aliphatic carbocycles. The number of halogens is 1. The van der Waals surface area contributed by atoms with E-state index in [9.17, 15) is 4.79 Å². The van der Waals surface area contributed by atoms with Crippen LogP contribution in [-0.2, 0) is 14.3 Å². The summed E-state index contributed by atoms with van der Waals surface area (Å²) < 4.78 is 10.5. The van der Waals surface area contributed by atoms with Crippen LogP contribution in [0.25, 0.3) is 17.2 Å². The topological polar surface area (TPSA) is 38.8 Å². The van der Waals surface area contributed by atoms with Crippen molar-refractivity contribution in [3.8, 4) is 11.1 Å². The normalized spacial score (nSPS) is 14.8. The Balaban J connectivity index is 0.00000243. The SMILES string of the molecule is Cl.O=C(/C=C\c1ccc(-c2ccccc2)cc1)OCCN1CCOCC1. The van der Waals surface area contributed by atoms with Gasteiger partial charge in [-0.15, -0.1) is 12.4 Å². The molecule has 3 rings (SSSR count). The van der Waals surface area contributed by atoms with Crippen LogP contribution in [0.4, 0.5) is 0 Å². The fourth-order valence-corrected chi connectivity index (χ4v) is 2.73. The van der Waals surface area contributed by atoms with Crippen molar-refractivity contribution in [1.82, 2.24) is 4.90 Å². The number of esters is 1. The number of benzene rings is 2. The second-order valence-electron chi connectivity index (χ2n) is 5.94. The van der Waals surface area contributed by atoms with Gasteiger partial charge in [0.25, 0.3) is 0 Å². The molecule has 0 radical (unpaired) electrons. The average molecular weight is 374 g/mol. The molecule has 0 saturated carbocycles. The third-order valence-corrected chi connectivity index (χ3v) is 4.19. The predicted molar refractivity (Wildman–Crippen MR) is 106 cm³/mol. The molecule has 5 heteroatoms. The minimum absolute atomic E-state index is 0. The first-order valence-electron chi connectivity index (χ1n) is 8.62. The molecule has 1 aliphatic heterocycles. The second kappa shape index (κ2) is 10.8. The highest BCUT2D eigenvalue weighted by Crippen LogP contribution is 2.19. The molecule has 1 aliphatic rings. The minimum Gasteiger partial charge on any atom is -0.461 e. The predicted octanol–water partition coefficient (Wildman–Crippen LogP) is 3.66. The number of carbonyl (C=O) groups excluding carboxylic acids is 1. The molecule has 0 atom stereocenters. The van der Waals surface area contributed by atoms with Crippen LogP contribution < -0.4 is 0 Å². The van der Waals surface area contributed by atoms with Crippen LogP contribution in [-0.4, -0.2) is 50.3 Å². The first-order chi connectivity index (χ1) is 12.3. The fraction of sp³-hybridized carbons (Fsp3) is 0.286. The molecule has 26 heavy (non-hydrogen) atoms. The first-order valence-corrected chi connectivity index (χ1v) is 8.62. The van der Waals surface area contributed by atoms with Gasteiger partial charge in [0, 0.05) is 25.7 Å². The van der Waals surface area contributed by atoms with Crippen LogP contribution in [0, 0.1) is 0 Å². The van der Waals surface area contributed by atoms with Gasteiger partial charge in [-0.3, -0.25) is 4.90 Å². The minimum atomic E-state index is -0.305. The summed E-state index contributed by atoms with van der Waals surface area (Å²) >= 11 is 0. The lowest BCUT2D eigenvalue weighted by Gasteiger charge is -2.25. The van der Waals surface area contributed by atoms with Crippen molar-refractivity contribution < 1.29 is 14.3 Å². The van der Waals surface area contributed by atoms with Gasteiger partial charge in [0.1, 0.15) is 6.61 Å². The highest BCUT2D eigenvalue weighted by molar-refractivity contribution is 5.87. The third kappa shape index (κ3) is 6.30. The highest BCUT2D eigenvalue weighted by Gasteiger charge is 2.10. The van der Waals surface area contributed by atoms with Crippen molar-refractivity contribution in [2.75, 3.05) is 39.5 Å². The van der Waals surface area contributed by atoms with E-state index in [4.69, 9.17) is 9.47 Å². The highest BCUT2D eigenvalue weighted by atomic mass is 35.5. The van der Waals surface area contributed by atoms with Crippen molar-refractivity contribution in [3.63, 3.8) is 0 Å². The van der Waals surface area contributed by atoms with Crippen molar-refractivity contribution in [1.29, 1.82) is 0 Å². The Kier molecular flexibility index (Phi) is 8.35. The number of hydrogen-bond acceptors (Lipinski definition) is 4. The van der Waals surface area contributed by atoms with E-state index in [0.29, 0.717) is 6.61 Å². The zero-order chi connectivity index (χ0) is 17.3. The first kappa shape index (κ1) is 20.2. The van der Waals surface area contributed by atoms with Gasteiger partial charge >= 0.3 is 5.97 Å². The molecule has 2 aromatic carbocycles. The van der Waals surface area contributed by atoms with E-state index in [1.807, 2.05) is 30.3 Å². The van der Waals surface area contributed by atoms with E-state index >= 15 is 0 Å². The van der Waals surface area contributed by atoms with Crippen molar-refractivity contribution in [2.45, 2.75) is 0 Å². The van der Waals surface area contributed by atoms with Crippen LogP contribution in [0.15, 0.2) is 60.7 Å². The summed E-state index contributed by atoms with van der Waals surface area (Å²) in [5, 5.41) is 0. The maximum absolute atomic E-state index is 11.8. The largest absolute Gasteiger partial charge is 0.461 e. The molecule has 0 N–H and O–H groups in total.